The maximum absolute atomic E-state index is 6.22. The van der Waals surface area contributed by atoms with Gasteiger partial charge in [0.1, 0.15) is 0 Å². The molecule has 0 spiro atoms. The van der Waals surface area contributed by atoms with E-state index in [1.807, 2.05) is 6.07 Å². The molecule has 100 valence electrons. The second kappa shape index (κ2) is 6.93. The van der Waals surface area contributed by atoms with Gasteiger partial charge in [-0.05, 0) is 49.3 Å². The molecule has 0 radical (unpaired) electrons. The van der Waals surface area contributed by atoms with Crippen molar-refractivity contribution in [3.63, 3.8) is 0 Å². The zero-order valence-electron chi connectivity index (χ0n) is 10.9. The summed E-state index contributed by atoms with van der Waals surface area (Å²) in [7, 11) is 0. The zero-order chi connectivity index (χ0) is 13.0. The average Bonchev–Trinajstić information content (AvgIpc) is 2.38. The fourth-order valence-electron chi connectivity index (χ4n) is 2.69. The van der Waals surface area contributed by atoms with Gasteiger partial charge in [0.15, 0.2) is 0 Å². The van der Waals surface area contributed by atoms with Crippen LogP contribution in [0.25, 0.3) is 0 Å². The smallest absolute Gasteiger partial charge is 0.0462 e. The van der Waals surface area contributed by atoms with E-state index in [-0.39, 0.29) is 0 Å². The van der Waals surface area contributed by atoms with E-state index in [4.69, 9.17) is 11.6 Å². The third kappa shape index (κ3) is 3.97. The molecule has 0 heterocycles. The number of rotatable bonds is 4. The lowest BCUT2D eigenvalue weighted by Gasteiger charge is -2.28. The van der Waals surface area contributed by atoms with Crippen LogP contribution in [0.1, 0.15) is 44.6 Å². The van der Waals surface area contributed by atoms with Crippen LogP contribution in [-0.4, -0.2) is 6.04 Å². The molecule has 1 aliphatic rings. The van der Waals surface area contributed by atoms with E-state index < -0.39 is 0 Å². The Balaban J connectivity index is 1.81. The van der Waals surface area contributed by atoms with Crippen molar-refractivity contribution in [2.45, 2.75) is 51.6 Å². The summed E-state index contributed by atoms with van der Waals surface area (Å²) in [5.41, 5.74) is 1.19. The highest BCUT2D eigenvalue weighted by Crippen LogP contribution is 2.27. The van der Waals surface area contributed by atoms with E-state index in [9.17, 15) is 0 Å². The SMILES string of the molecule is CCC1CCC(NCc2ccc(Br)cc2Cl)CC1. The van der Waals surface area contributed by atoms with Crippen LogP contribution in [0.15, 0.2) is 22.7 Å². The second-order valence-corrected chi connectivity index (χ2v) is 6.57. The average molecular weight is 331 g/mol. The fraction of sp³-hybridized carbons (Fsp3) is 0.600. The molecule has 1 fully saturated rings. The van der Waals surface area contributed by atoms with Gasteiger partial charge in [-0.3, -0.25) is 0 Å². The van der Waals surface area contributed by atoms with Crippen molar-refractivity contribution in [2.75, 3.05) is 0 Å². The quantitative estimate of drug-likeness (QED) is 0.804. The van der Waals surface area contributed by atoms with Crippen molar-refractivity contribution in [1.82, 2.24) is 5.32 Å². The number of hydrogen-bond donors (Lipinski definition) is 1. The zero-order valence-corrected chi connectivity index (χ0v) is 13.2. The number of halogens is 2. The molecule has 0 saturated heterocycles. The number of benzene rings is 1. The molecule has 0 unspecified atom stereocenters. The molecule has 0 aromatic heterocycles. The van der Waals surface area contributed by atoms with Crippen molar-refractivity contribution in [3.05, 3.63) is 33.3 Å². The van der Waals surface area contributed by atoms with Crippen molar-refractivity contribution < 1.29 is 0 Å². The number of hydrogen-bond acceptors (Lipinski definition) is 1. The van der Waals surface area contributed by atoms with E-state index in [1.54, 1.807) is 0 Å². The van der Waals surface area contributed by atoms with Crippen molar-refractivity contribution in [1.29, 1.82) is 0 Å². The van der Waals surface area contributed by atoms with Gasteiger partial charge >= 0.3 is 0 Å². The minimum atomic E-state index is 0.674. The normalized spacial score (nSPS) is 24.2. The van der Waals surface area contributed by atoms with E-state index in [2.05, 4.69) is 40.3 Å². The van der Waals surface area contributed by atoms with Gasteiger partial charge in [-0.15, -0.1) is 0 Å². The summed E-state index contributed by atoms with van der Waals surface area (Å²) < 4.78 is 1.04. The summed E-state index contributed by atoms with van der Waals surface area (Å²) in [6, 6.07) is 6.79. The van der Waals surface area contributed by atoms with Gasteiger partial charge in [-0.25, -0.2) is 0 Å². The van der Waals surface area contributed by atoms with Gasteiger partial charge in [0, 0.05) is 22.1 Å². The van der Waals surface area contributed by atoms with Crippen LogP contribution in [0, 0.1) is 5.92 Å². The largest absolute Gasteiger partial charge is 0.310 e. The van der Waals surface area contributed by atoms with Crippen molar-refractivity contribution in [3.8, 4) is 0 Å². The van der Waals surface area contributed by atoms with Crippen LogP contribution in [0.3, 0.4) is 0 Å². The predicted molar refractivity (Wildman–Crippen MR) is 82.0 cm³/mol. The lowest BCUT2D eigenvalue weighted by Crippen LogP contribution is -2.32. The van der Waals surface area contributed by atoms with Gasteiger partial charge < -0.3 is 5.32 Å². The Morgan fingerprint density at radius 2 is 2.00 bits per heavy atom. The van der Waals surface area contributed by atoms with Gasteiger partial charge in [0.25, 0.3) is 0 Å². The first-order chi connectivity index (χ1) is 8.69. The van der Waals surface area contributed by atoms with Crippen LogP contribution in [0.5, 0.6) is 0 Å². The Hall–Kier alpha value is -0.0500. The molecule has 1 aromatic rings. The summed E-state index contributed by atoms with van der Waals surface area (Å²) in [4.78, 5) is 0. The fourth-order valence-corrected chi connectivity index (χ4v) is 3.43. The summed E-state index contributed by atoms with van der Waals surface area (Å²) >= 11 is 9.66. The highest BCUT2D eigenvalue weighted by Gasteiger charge is 2.19. The van der Waals surface area contributed by atoms with Crippen LogP contribution in [0.4, 0.5) is 0 Å². The molecule has 18 heavy (non-hydrogen) atoms. The standard InChI is InChI=1S/C15H21BrClN/c1-2-11-3-7-14(8-4-11)18-10-12-5-6-13(16)9-15(12)17/h5-6,9,11,14,18H,2-4,7-8,10H2,1H3. The molecular weight excluding hydrogens is 310 g/mol. The Morgan fingerprint density at radius 1 is 1.28 bits per heavy atom. The Bertz CT molecular complexity index is 386. The molecule has 1 aliphatic carbocycles. The van der Waals surface area contributed by atoms with Crippen LogP contribution >= 0.6 is 27.5 Å². The van der Waals surface area contributed by atoms with Crippen LogP contribution in [0.2, 0.25) is 5.02 Å². The first-order valence-corrected chi connectivity index (χ1v) is 8.03. The van der Waals surface area contributed by atoms with Crippen LogP contribution in [-0.2, 0) is 6.54 Å². The molecule has 2 rings (SSSR count). The number of nitrogens with one attached hydrogen (secondary N) is 1. The van der Waals surface area contributed by atoms with Gasteiger partial charge in [-0.1, -0.05) is 46.9 Å². The van der Waals surface area contributed by atoms with E-state index in [0.717, 1.165) is 22.0 Å². The van der Waals surface area contributed by atoms with Crippen molar-refractivity contribution >= 4 is 27.5 Å². The van der Waals surface area contributed by atoms with Gasteiger partial charge in [0.05, 0.1) is 0 Å². The molecule has 1 N–H and O–H groups in total. The third-order valence-corrected chi connectivity index (χ3v) is 4.87. The minimum absolute atomic E-state index is 0.674. The van der Waals surface area contributed by atoms with Crippen LogP contribution < -0.4 is 5.32 Å². The summed E-state index contributed by atoms with van der Waals surface area (Å²) in [6.07, 6.45) is 6.72. The molecule has 1 nitrogen and oxygen atoms in total. The summed E-state index contributed by atoms with van der Waals surface area (Å²) in [5, 5.41) is 4.49. The Labute approximate surface area is 123 Å². The molecule has 0 bridgehead atoms. The minimum Gasteiger partial charge on any atom is -0.310 e. The topological polar surface area (TPSA) is 12.0 Å². The highest BCUT2D eigenvalue weighted by molar-refractivity contribution is 9.10. The Kier molecular flexibility index (Phi) is 5.53. The lowest BCUT2D eigenvalue weighted by molar-refractivity contribution is 0.285. The summed E-state index contributed by atoms with van der Waals surface area (Å²) in [6.45, 7) is 3.19. The monoisotopic (exact) mass is 329 g/mol. The van der Waals surface area contributed by atoms with Gasteiger partial charge in [-0.2, -0.15) is 0 Å². The molecule has 1 saturated carbocycles. The molecule has 0 amide bonds. The lowest BCUT2D eigenvalue weighted by atomic mass is 9.84. The maximum atomic E-state index is 6.22. The van der Waals surface area contributed by atoms with Crippen molar-refractivity contribution in [2.24, 2.45) is 5.92 Å². The first kappa shape index (κ1) is 14.4. The summed E-state index contributed by atoms with van der Waals surface area (Å²) in [5.74, 6) is 0.958. The highest BCUT2D eigenvalue weighted by atomic mass is 79.9. The molecule has 1 aromatic carbocycles. The van der Waals surface area contributed by atoms with Gasteiger partial charge in [0.2, 0.25) is 0 Å². The molecular formula is C15H21BrClN. The molecule has 0 atom stereocenters. The van der Waals surface area contributed by atoms with E-state index >= 15 is 0 Å². The predicted octanol–water partition coefficient (Wildman–Crippen LogP) is 5.16. The Morgan fingerprint density at radius 3 is 2.61 bits per heavy atom. The third-order valence-electron chi connectivity index (χ3n) is 4.02. The van der Waals surface area contributed by atoms with E-state index in [0.29, 0.717) is 6.04 Å². The second-order valence-electron chi connectivity index (χ2n) is 5.24. The maximum Gasteiger partial charge on any atom is 0.0462 e. The molecule has 3 heteroatoms. The first-order valence-electron chi connectivity index (χ1n) is 6.86. The van der Waals surface area contributed by atoms with E-state index in [1.165, 1.54) is 37.7 Å². The molecule has 0 aliphatic heterocycles.